The van der Waals surface area contributed by atoms with Crippen LogP contribution in [-0.2, 0) is 11.0 Å². The minimum atomic E-state index is 0. The largest absolute Gasteiger partial charge is 2.00 e. The molecule has 0 radical (unpaired) electrons. The molecule has 0 spiro atoms. The molecule has 0 saturated heterocycles. The first kappa shape index (κ1) is 41.7. The summed E-state index contributed by atoms with van der Waals surface area (Å²) in [6.07, 6.45) is 0. The molecule has 0 aliphatic carbocycles. The van der Waals surface area contributed by atoms with Crippen molar-refractivity contribution >= 4 is 37.7 Å². The topological polar surface area (TPSA) is 57.0 Å². The van der Waals surface area contributed by atoms with E-state index in [1.54, 1.807) is 0 Å². The molecule has 0 rings (SSSR count). The molecule has 0 bridgehead atoms. The maximum Gasteiger partial charge on any atom is 2.00 e. The van der Waals surface area contributed by atoms with E-state index in [4.69, 9.17) is 0 Å². The van der Waals surface area contributed by atoms with Gasteiger partial charge in [0.25, 0.3) is 0 Å². The second-order valence-corrected chi connectivity index (χ2v) is 0. The zero-order valence-electron chi connectivity index (χ0n) is 3.52. The SMILES string of the molecule is [Ca+2].[Na+].[Na+].[O-2].[O-2]. The van der Waals surface area contributed by atoms with Crippen molar-refractivity contribution in [3.63, 3.8) is 0 Å². The van der Waals surface area contributed by atoms with E-state index in [1.807, 2.05) is 0 Å². The molecule has 0 aliphatic heterocycles. The normalized spacial score (nSPS) is 0. The van der Waals surface area contributed by atoms with Crippen LogP contribution in [-0.4, -0.2) is 37.7 Å². The van der Waals surface area contributed by atoms with Crippen LogP contribution in [0.25, 0.3) is 0 Å². The summed E-state index contributed by atoms with van der Waals surface area (Å²) in [5.74, 6) is 0. The van der Waals surface area contributed by atoms with Crippen LogP contribution < -0.4 is 59.1 Å². The van der Waals surface area contributed by atoms with Gasteiger partial charge in [-0.1, -0.05) is 0 Å². The molecule has 0 aromatic heterocycles. The first-order valence-corrected chi connectivity index (χ1v) is 0. The molecular formula is CaNa2O2. The van der Waals surface area contributed by atoms with Gasteiger partial charge in [-0.05, 0) is 0 Å². The minimum absolute atomic E-state index is 0. The molecule has 0 amide bonds. The van der Waals surface area contributed by atoms with Crippen LogP contribution in [0.2, 0.25) is 0 Å². The van der Waals surface area contributed by atoms with E-state index < -0.39 is 0 Å². The molecule has 5 heteroatoms. The fourth-order valence-corrected chi connectivity index (χ4v) is 0. The molecule has 0 aromatic rings. The average molecular weight is 118 g/mol. The van der Waals surface area contributed by atoms with Gasteiger partial charge in [-0.25, -0.2) is 0 Å². The van der Waals surface area contributed by atoms with Crippen molar-refractivity contribution in [2.75, 3.05) is 0 Å². The fraction of sp³-hybridized carbons (Fsp3) is 0. The van der Waals surface area contributed by atoms with Crippen molar-refractivity contribution < 1.29 is 70.1 Å². The molecule has 5 heavy (non-hydrogen) atoms. The van der Waals surface area contributed by atoms with Crippen LogP contribution in [0.1, 0.15) is 0 Å². The third-order valence-corrected chi connectivity index (χ3v) is 0. The van der Waals surface area contributed by atoms with Gasteiger partial charge >= 0.3 is 96.9 Å². The van der Waals surface area contributed by atoms with Crippen molar-refractivity contribution in [1.82, 2.24) is 0 Å². The molecule has 0 fully saturated rings. The number of rotatable bonds is 0. The van der Waals surface area contributed by atoms with Gasteiger partial charge in [-0.15, -0.1) is 0 Å². The van der Waals surface area contributed by atoms with Crippen molar-refractivity contribution in [2.24, 2.45) is 0 Å². The van der Waals surface area contributed by atoms with Crippen molar-refractivity contribution in [3.8, 4) is 0 Å². The quantitative estimate of drug-likeness (QED) is 0.284. The van der Waals surface area contributed by atoms with E-state index in [0.717, 1.165) is 0 Å². The summed E-state index contributed by atoms with van der Waals surface area (Å²) in [6.45, 7) is 0. The van der Waals surface area contributed by atoms with Crippen LogP contribution >= 0.6 is 0 Å². The predicted octanol–water partition coefficient (Wildman–Crippen LogP) is -6.61. The summed E-state index contributed by atoms with van der Waals surface area (Å²) in [5, 5.41) is 0. The van der Waals surface area contributed by atoms with E-state index in [0.29, 0.717) is 0 Å². The van der Waals surface area contributed by atoms with E-state index >= 15 is 0 Å². The minimum Gasteiger partial charge on any atom is -2.00 e. The maximum atomic E-state index is 0. The van der Waals surface area contributed by atoms with Gasteiger partial charge in [-0.2, -0.15) is 0 Å². The maximum absolute atomic E-state index is 0. The van der Waals surface area contributed by atoms with Gasteiger partial charge in [0.15, 0.2) is 0 Å². The summed E-state index contributed by atoms with van der Waals surface area (Å²) in [6, 6.07) is 0. The number of hydrogen-bond donors (Lipinski definition) is 0. The van der Waals surface area contributed by atoms with Crippen LogP contribution in [0.4, 0.5) is 0 Å². The fourth-order valence-electron chi connectivity index (χ4n) is 0. The number of hydrogen-bond acceptors (Lipinski definition) is 0. The molecule has 0 N–H and O–H groups in total. The Labute approximate surface area is 105 Å². The molecular weight excluding hydrogens is 118 g/mol. The molecule has 16 valence electrons. The molecule has 0 atom stereocenters. The van der Waals surface area contributed by atoms with Crippen LogP contribution in [0, 0.1) is 0 Å². The first-order chi connectivity index (χ1) is 0. The Kier molecular flexibility index (Phi) is 226. The monoisotopic (exact) mass is 118 g/mol. The summed E-state index contributed by atoms with van der Waals surface area (Å²) < 4.78 is 0. The Morgan fingerprint density at radius 3 is 0.600 bits per heavy atom. The molecule has 0 aliphatic rings. The predicted molar refractivity (Wildman–Crippen MR) is 7.13 cm³/mol. The molecule has 0 saturated carbocycles. The smallest absolute Gasteiger partial charge is 2.00 e. The molecule has 0 aromatic carbocycles. The summed E-state index contributed by atoms with van der Waals surface area (Å²) >= 11 is 0. The third-order valence-electron chi connectivity index (χ3n) is 0. The van der Waals surface area contributed by atoms with Crippen molar-refractivity contribution in [3.05, 3.63) is 0 Å². The molecule has 0 heterocycles. The van der Waals surface area contributed by atoms with Gasteiger partial charge in [0.2, 0.25) is 0 Å². The average Bonchev–Trinajstić information content (AvgIpc) is 0. The van der Waals surface area contributed by atoms with Gasteiger partial charge in [0, 0.05) is 0 Å². The Hall–Kier alpha value is 3.18. The summed E-state index contributed by atoms with van der Waals surface area (Å²) in [7, 11) is 0. The van der Waals surface area contributed by atoms with Crippen molar-refractivity contribution in [2.45, 2.75) is 0 Å². The van der Waals surface area contributed by atoms with Crippen LogP contribution in [0.5, 0.6) is 0 Å². The summed E-state index contributed by atoms with van der Waals surface area (Å²) in [4.78, 5) is 0. The van der Waals surface area contributed by atoms with Crippen LogP contribution in [0.15, 0.2) is 0 Å². The first-order valence-electron chi connectivity index (χ1n) is 0. The van der Waals surface area contributed by atoms with E-state index in [-0.39, 0.29) is 108 Å². The van der Waals surface area contributed by atoms with Gasteiger partial charge in [0.1, 0.15) is 0 Å². The standard InChI is InChI=1S/Ca.2Na.2O/q+2;2*+1;2*-2. The molecule has 0 unspecified atom stereocenters. The van der Waals surface area contributed by atoms with E-state index in [2.05, 4.69) is 0 Å². The van der Waals surface area contributed by atoms with Gasteiger partial charge in [0.05, 0.1) is 0 Å². The zero-order valence-corrected chi connectivity index (χ0v) is 9.73. The third kappa shape index (κ3) is 19.1. The Bertz CT molecular complexity index is 7.61. The Balaban J connectivity index is 0. The Morgan fingerprint density at radius 1 is 0.600 bits per heavy atom. The van der Waals surface area contributed by atoms with Gasteiger partial charge in [-0.3, -0.25) is 0 Å². The van der Waals surface area contributed by atoms with Gasteiger partial charge < -0.3 is 11.0 Å². The Morgan fingerprint density at radius 2 is 0.600 bits per heavy atom. The molecule has 2 nitrogen and oxygen atoms in total. The van der Waals surface area contributed by atoms with Crippen LogP contribution in [0.3, 0.4) is 0 Å². The second-order valence-electron chi connectivity index (χ2n) is 0. The zero-order chi connectivity index (χ0) is 0. The summed E-state index contributed by atoms with van der Waals surface area (Å²) in [5.41, 5.74) is 0. The van der Waals surface area contributed by atoms with E-state index in [1.165, 1.54) is 0 Å². The second kappa shape index (κ2) is 27.1. The van der Waals surface area contributed by atoms with E-state index in [9.17, 15) is 0 Å². The van der Waals surface area contributed by atoms with Crippen molar-refractivity contribution in [1.29, 1.82) is 0 Å².